The number of hydrogen-bond acceptors (Lipinski definition) is 2. The highest BCUT2D eigenvalue weighted by molar-refractivity contribution is 7.80. The molecule has 0 amide bonds. The van der Waals surface area contributed by atoms with Gasteiger partial charge in [-0.25, -0.2) is 9.55 Å². The van der Waals surface area contributed by atoms with E-state index < -0.39 is 0 Å². The Morgan fingerprint density at radius 2 is 2.42 bits per heavy atom. The van der Waals surface area contributed by atoms with E-state index in [0.29, 0.717) is 11.7 Å². The Labute approximate surface area is 83.2 Å². The van der Waals surface area contributed by atoms with Crippen LogP contribution in [0.5, 0.6) is 0 Å². The van der Waals surface area contributed by atoms with Crippen molar-refractivity contribution in [2.45, 2.75) is 13.5 Å². The molecular weight excluding hydrogens is 196 g/mol. The fourth-order valence-corrected chi connectivity index (χ4v) is 0.809. The molecule has 0 radical (unpaired) electrons. The van der Waals surface area contributed by atoms with E-state index in [1.165, 1.54) is 0 Å². The first-order valence-electron chi connectivity index (χ1n) is 3.35. The Hall–Kier alpha value is -0.610. The summed E-state index contributed by atoms with van der Waals surface area (Å²) in [5.41, 5.74) is 0. The van der Waals surface area contributed by atoms with Gasteiger partial charge in [0.1, 0.15) is 12.4 Å². The molecule has 0 aliphatic heterocycles. The maximum Gasteiger partial charge on any atom is 0.292 e. The number of thiocarbonyl (C=S) groups is 1. The molecule has 1 rings (SSSR count). The van der Waals surface area contributed by atoms with Crippen LogP contribution in [0.4, 0.5) is 0 Å². The lowest BCUT2D eigenvalue weighted by Gasteiger charge is -1.97. The van der Waals surface area contributed by atoms with Crippen molar-refractivity contribution in [1.82, 2.24) is 4.98 Å². The van der Waals surface area contributed by atoms with Crippen LogP contribution in [-0.2, 0) is 18.4 Å². The maximum absolute atomic E-state index is 5.15. The molecule has 0 atom stereocenters. The van der Waals surface area contributed by atoms with Gasteiger partial charge in [0.05, 0.1) is 7.05 Å². The number of imidazole rings is 1. The molecule has 0 aliphatic carbocycles. The van der Waals surface area contributed by atoms with Gasteiger partial charge >= 0.3 is 0 Å². The molecule has 5 heteroatoms. The number of nitrogens with zero attached hydrogens (tertiary/aromatic N) is 1. The van der Waals surface area contributed by atoms with Gasteiger partial charge in [0.15, 0.2) is 11.7 Å². The van der Waals surface area contributed by atoms with Crippen LogP contribution in [0, 0.1) is 0 Å². The van der Waals surface area contributed by atoms with Gasteiger partial charge in [-0.15, -0.1) is 0 Å². The average molecular weight is 207 g/mol. The van der Waals surface area contributed by atoms with Crippen molar-refractivity contribution in [2.75, 3.05) is 0 Å². The topological polar surface area (TPSA) is 28.9 Å². The highest BCUT2D eigenvalue weighted by Gasteiger charge is 2.05. The van der Waals surface area contributed by atoms with Gasteiger partial charge in [-0.05, 0) is 12.2 Å². The molecule has 0 fully saturated rings. The number of aromatic nitrogens is 2. The lowest BCUT2D eigenvalue weighted by atomic mass is 10.6. The maximum atomic E-state index is 5.15. The van der Waals surface area contributed by atoms with Gasteiger partial charge in [0.25, 0.3) is 5.82 Å². The van der Waals surface area contributed by atoms with E-state index in [2.05, 4.69) is 4.98 Å². The summed E-state index contributed by atoms with van der Waals surface area (Å²) in [7, 11) is 1.95. The highest BCUT2D eigenvalue weighted by atomic mass is 35.5. The third-order valence-electron chi connectivity index (χ3n) is 1.39. The van der Waals surface area contributed by atoms with E-state index in [0.717, 1.165) is 5.82 Å². The molecular formula is C7H11ClN2OS. The first-order chi connectivity index (χ1) is 5.20. The molecule has 68 valence electrons. The Kier molecular flexibility index (Phi) is 4.85. The minimum Gasteiger partial charge on any atom is -1.00 e. The summed E-state index contributed by atoms with van der Waals surface area (Å²) in [4.78, 5) is 3.04. The number of aromatic amines is 1. The highest BCUT2D eigenvalue weighted by Crippen LogP contribution is 1.90. The second-order valence-electron chi connectivity index (χ2n) is 2.30. The van der Waals surface area contributed by atoms with Gasteiger partial charge < -0.3 is 17.1 Å². The van der Waals surface area contributed by atoms with Gasteiger partial charge in [-0.3, -0.25) is 0 Å². The lowest BCUT2D eigenvalue weighted by Crippen LogP contribution is -3.00. The molecule has 12 heavy (non-hydrogen) atoms. The fraction of sp³-hybridized carbons (Fsp3) is 0.429. The Morgan fingerprint density at radius 1 is 1.75 bits per heavy atom. The minimum absolute atomic E-state index is 0. The first-order valence-corrected chi connectivity index (χ1v) is 3.76. The summed E-state index contributed by atoms with van der Waals surface area (Å²) in [6.45, 7) is 2.27. The normalized spacial score (nSPS) is 8.83. The van der Waals surface area contributed by atoms with E-state index in [4.69, 9.17) is 17.0 Å². The monoisotopic (exact) mass is 206 g/mol. The molecule has 1 N–H and O–H groups in total. The SMILES string of the molecule is CC(=S)OCc1[nH]cc[n+]1C.[Cl-]. The number of ether oxygens (including phenoxy) is 1. The van der Waals surface area contributed by atoms with Gasteiger partial charge in [-0.1, -0.05) is 0 Å². The van der Waals surface area contributed by atoms with Gasteiger partial charge in [0.2, 0.25) is 0 Å². The van der Waals surface area contributed by atoms with E-state index >= 15 is 0 Å². The molecule has 1 heterocycles. The molecule has 1 aromatic heterocycles. The lowest BCUT2D eigenvalue weighted by molar-refractivity contribution is -0.679. The van der Waals surface area contributed by atoms with E-state index in [9.17, 15) is 0 Å². The van der Waals surface area contributed by atoms with Crippen LogP contribution in [0.2, 0.25) is 0 Å². The van der Waals surface area contributed by atoms with E-state index in [1.54, 1.807) is 6.92 Å². The van der Waals surface area contributed by atoms with Crippen molar-refractivity contribution in [1.29, 1.82) is 0 Å². The number of nitrogens with one attached hydrogen (secondary N) is 1. The largest absolute Gasteiger partial charge is 1.00 e. The van der Waals surface area contributed by atoms with Crippen molar-refractivity contribution < 1.29 is 21.7 Å². The summed E-state index contributed by atoms with van der Waals surface area (Å²) in [5, 5.41) is 0.569. The third-order valence-corrected chi connectivity index (χ3v) is 1.50. The number of aryl methyl sites for hydroxylation is 1. The second-order valence-corrected chi connectivity index (χ2v) is 2.87. The molecule has 0 aliphatic rings. The zero-order valence-electron chi connectivity index (χ0n) is 7.00. The van der Waals surface area contributed by atoms with Crippen LogP contribution in [0.15, 0.2) is 12.4 Å². The molecule has 0 saturated heterocycles. The summed E-state index contributed by atoms with van der Waals surface area (Å²) in [6, 6.07) is 0. The molecule has 1 aromatic rings. The molecule has 3 nitrogen and oxygen atoms in total. The quantitative estimate of drug-likeness (QED) is 0.436. The number of H-pyrrole nitrogens is 1. The Morgan fingerprint density at radius 3 is 2.83 bits per heavy atom. The van der Waals surface area contributed by atoms with Crippen molar-refractivity contribution in [3.05, 3.63) is 18.2 Å². The Bertz CT molecular complexity index is 262. The molecule has 0 unspecified atom stereocenters. The smallest absolute Gasteiger partial charge is 0.292 e. The number of rotatable bonds is 2. The second kappa shape index (κ2) is 5.11. The van der Waals surface area contributed by atoms with Crippen molar-refractivity contribution >= 4 is 17.3 Å². The zero-order chi connectivity index (χ0) is 8.27. The zero-order valence-corrected chi connectivity index (χ0v) is 8.58. The van der Waals surface area contributed by atoms with Crippen LogP contribution in [0.1, 0.15) is 12.7 Å². The van der Waals surface area contributed by atoms with Gasteiger partial charge in [-0.2, -0.15) is 0 Å². The van der Waals surface area contributed by atoms with Crippen LogP contribution in [0.25, 0.3) is 0 Å². The van der Waals surface area contributed by atoms with Crippen molar-refractivity contribution in [2.24, 2.45) is 7.05 Å². The Balaban J connectivity index is 0.00000121. The number of halogens is 1. The minimum atomic E-state index is 0. The van der Waals surface area contributed by atoms with Crippen molar-refractivity contribution in [3.8, 4) is 0 Å². The predicted molar refractivity (Wildman–Crippen MR) is 45.0 cm³/mol. The molecule has 0 spiro atoms. The number of hydrogen-bond donors (Lipinski definition) is 1. The van der Waals surface area contributed by atoms with Crippen molar-refractivity contribution in [3.63, 3.8) is 0 Å². The van der Waals surface area contributed by atoms with E-state index in [-0.39, 0.29) is 12.4 Å². The fourth-order valence-electron chi connectivity index (χ4n) is 0.751. The van der Waals surface area contributed by atoms with E-state index in [1.807, 2.05) is 24.0 Å². The van der Waals surface area contributed by atoms with Crippen LogP contribution < -0.4 is 17.0 Å². The first kappa shape index (κ1) is 11.4. The molecule has 0 aromatic carbocycles. The summed E-state index contributed by atoms with van der Waals surface area (Å²) in [6.07, 6.45) is 3.79. The molecule has 0 bridgehead atoms. The predicted octanol–water partition coefficient (Wildman–Crippen LogP) is -2.29. The van der Waals surface area contributed by atoms with Crippen LogP contribution in [0.3, 0.4) is 0 Å². The molecule has 0 saturated carbocycles. The van der Waals surface area contributed by atoms with Crippen LogP contribution >= 0.6 is 12.2 Å². The average Bonchev–Trinajstić information content (AvgIpc) is 2.31. The summed E-state index contributed by atoms with van der Waals surface area (Å²) < 4.78 is 7.10. The van der Waals surface area contributed by atoms with Gasteiger partial charge in [0, 0.05) is 6.92 Å². The third kappa shape index (κ3) is 3.19. The summed E-state index contributed by atoms with van der Waals surface area (Å²) >= 11 is 4.77. The standard InChI is InChI=1S/C7H10N2OS.ClH/c1-6(11)10-5-7-8-3-4-9(7)2;/h3-4H,5H2,1-2H3;1H. The van der Waals surface area contributed by atoms with Crippen LogP contribution in [-0.4, -0.2) is 10.0 Å². The summed E-state index contributed by atoms with van der Waals surface area (Å²) in [5.74, 6) is 1.01.